The summed E-state index contributed by atoms with van der Waals surface area (Å²) in [4.78, 5) is 11.9. The van der Waals surface area contributed by atoms with Gasteiger partial charge in [-0.05, 0) is 37.0 Å². The molecule has 1 atom stereocenters. The van der Waals surface area contributed by atoms with E-state index in [2.05, 4.69) is 28.2 Å². The summed E-state index contributed by atoms with van der Waals surface area (Å²) in [5.41, 5.74) is 0.497. The highest BCUT2D eigenvalue weighted by Crippen LogP contribution is 2.20. The van der Waals surface area contributed by atoms with Crippen LogP contribution in [-0.4, -0.2) is 18.3 Å². The first-order valence-corrected chi connectivity index (χ1v) is 7.54. The Balaban J connectivity index is 2.43. The lowest BCUT2D eigenvalue weighted by molar-refractivity contribution is 0.0952. The van der Waals surface area contributed by atoms with Crippen molar-refractivity contribution in [3.8, 4) is 0 Å². The van der Waals surface area contributed by atoms with Crippen LogP contribution in [0.3, 0.4) is 0 Å². The maximum absolute atomic E-state index is 11.9. The third-order valence-corrected chi connectivity index (χ3v) is 3.95. The molecule has 0 aliphatic heterocycles. The van der Waals surface area contributed by atoms with Gasteiger partial charge in [-0.1, -0.05) is 34.5 Å². The molecule has 0 bridgehead atoms. The first-order valence-electron chi connectivity index (χ1n) is 5.83. The summed E-state index contributed by atoms with van der Waals surface area (Å²) >= 11 is 15.0. The highest BCUT2D eigenvalue weighted by Gasteiger charge is 2.10. The first kappa shape index (κ1) is 15.8. The first-order chi connectivity index (χ1) is 8.54. The minimum Gasteiger partial charge on any atom is -0.352 e. The van der Waals surface area contributed by atoms with Crippen molar-refractivity contribution in [2.75, 3.05) is 12.4 Å². The summed E-state index contributed by atoms with van der Waals surface area (Å²) in [6, 6.07) is 5.23. The number of hydrogen-bond donors (Lipinski definition) is 1. The number of carbonyl (C=O) groups is 1. The summed E-state index contributed by atoms with van der Waals surface area (Å²) in [7, 11) is 0. The average molecular weight is 353 g/mol. The van der Waals surface area contributed by atoms with E-state index in [0.29, 0.717) is 28.9 Å². The van der Waals surface area contributed by atoms with E-state index >= 15 is 0 Å². The second-order valence-electron chi connectivity index (χ2n) is 4.28. The molecule has 1 aromatic rings. The van der Waals surface area contributed by atoms with Gasteiger partial charge >= 0.3 is 0 Å². The van der Waals surface area contributed by atoms with Crippen LogP contribution in [-0.2, 0) is 0 Å². The lowest BCUT2D eigenvalue weighted by Gasteiger charge is -2.09. The van der Waals surface area contributed by atoms with Crippen LogP contribution in [0.1, 0.15) is 30.1 Å². The maximum atomic E-state index is 11.9. The Labute approximate surface area is 126 Å². The molecular formula is C13H16BrCl2NO. The molecule has 0 heterocycles. The van der Waals surface area contributed by atoms with Crippen LogP contribution in [0, 0.1) is 5.92 Å². The van der Waals surface area contributed by atoms with Gasteiger partial charge in [-0.3, -0.25) is 4.79 Å². The molecule has 1 unspecified atom stereocenters. The fraction of sp³-hybridized carbons (Fsp3) is 0.462. The van der Waals surface area contributed by atoms with Gasteiger partial charge in [0, 0.05) is 16.9 Å². The van der Waals surface area contributed by atoms with E-state index in [1.165, 1.54) is 0 Å². The SMILES string of the molecule is CC(CCl)CCCNC(=O)c1cc(Br)ccc1Cl. The van der Waals surface area contributed by atoms with Crippen molar-refractivity contribution >= 4 is 45.0 Å². The van der Waals surface area contributed by atoms with Gasteiger partial charge in [0.25, 0.3) is 5.91 Å². The summed E-state index contributed by atoms with van der Waals surface area (Å²) in [6.07, 6.45) is 1.93. The zero-order valence-corrected chi connectivity index (χ0v) is 13.3. The van der Waals surface area contributed by atoms with Crippen molar-refractivity contribution in [3.05, 3.63) is 33.3 Å². The molecule has 0 aliphatic carbocycles. The minimum atomic E-state index is -0.139. The topological polar surface area (TPSA) is 29.1 Å². The Hall–Kier alpha value is -0.250. The molecule has 100 valence electrons. The van der Waals surface area contributed by atoms with Crippen molar-refractivity contribution in [1.29, 1.82) is 0 Å². The second kappa shape index (κ2) is 8.03. The Morgan fingerprint density at radius 1 is 1.50 bits per heavy atom. The van der Waals surface area contributed by atoms with Crippen molar-refractivity contribution in [1.82, 2.24) is 5.32 Å². The smallest absolute Gasteiger partial charge is 0.252 e. The molecule has 0 fully saturated rings. The highest BCUT2D eigenvalue weighted by molar-refractivity contribution is 9.10. The fourth-order valence-electron chi connectivity index (χ4n) is 1.50. The minimum absolute atomic E-state index is 0.139. The molecule has 0 saturated carbocycles. The molecule has 5 heteroatoms. The van der Waals surface area contributed by atoms with E-state index in [9.17, 15) is 4.79 Å². The van der Waals surface area contributed by atoms with E-state index in [0.717, 1.165) is 17.3 Å². The molecule has 0 saturated heterocycles. The molecule has 1 amide bonds. The molecule has 0 radical (unpaired) electrons. The Morgan fingerprint density at radius 2 is 2.22 bits per heavy atom. The molecule has 1 rings (SSSR count). The van der Waals surface area contributed by atoms with Crippen LogP contribution in [0.25, 0.3) is 0 Å². The Bertz CT molecular complexity index is 412. The monoisotopic (exact) mass is 351 g/mol. The number of rotatable bonds is 6. The lowest BCUT2D eigenvalue weighted by Crippen LogP contribution is -2.25. The third kappa shape index (κ3) is 5.17. The van der Waals surface area contributed by atoms with Gasteiger partial charge in [-0.15, -0.1) is 11.6 Å². The van der Waals surface area contributed by atoms with Gasteiger partial charge in [0.2, 0.25) is 0 Å². The molecule has 18 heavy (non-hydrogen) atoms. The molecule has 0 spiro atoms. The molecule has 2 nitrogen and oxygen atoms in total. The van der Waals surface area contributed by atoms with Gasteiger partial charge < -0.3 is 5.32 Å². The molecule has 1 aromatic carbocycles. The van der Waals surface area contributed by atoms with Gasteiger partial charge in [0.15, 0.2) is 0 Å². The van der Waals surface area contributed by atoms with Crippen molar-refractivity contribution in [2.45, 2.75) is 19.8 Å². The molecule has 0 aliphatic rings. The van der Waals surface area contributed by atoms with Gasteiger partial charge in [0.1, 0.15) is 0 Å². The third-order valence-electron chi connectivity index (χ3n) is 2.60. The van der Waals surface area contributed by atoms with Crippen LogP contribution >= 0.6 is 39.1 Å². The van der Waals surface area contributed by atoms with Gasteiger partial charge in [0.05, 0.1) is 10.6 Å². The second-order valence-corrected chi connectivity index (χ2v) is 5.91. The van der Waals surface area contributed by atoms with Crippen molar-refractivity contribution < 1.29 is 4.79 Å². The molecule has 0 aromatic heterocycles. The highest BCUT2D eigenvalue weighted by atomic mass is 79.9. The summed E-state index contributed by atoms with van der Waals surface area (Å²) < 4.78 is 0.841. The van der Waals surface area contributed by atoms with E-state index < -0.39 is 0 Å². The number of halogens is 3. The summed E-state index contributed by atoms with van der Waals surface area (Å²) in [5.74, 6) is 1.00. The maximum Gasteiger partial charge on any atom is 0.252 e. The number of hydrogen-bond acceptors (Lipinski definition) is 1. The summed E-state index contributed by atoms with van der Waals surface area (Å²) in [6.45, 7) is 2.74. The molecule has 1 N–H and O–H groups in total. The molecular weight excluding hydrogens is 337 g/mol. The fourth-order valence-corrected chi connectivity index (χ4v) is 2.22. The van der Waals surface area contributed by atoms with E-state index in [1.807, 2.05) is 0 Å². The number of amides is 1. The van der Waals surface area contributed by atoms with Crippen LogP contribution in [0.4, 0.5) is 0 Å². The zero-order valence-electron chi connectivity index (χ0n) is 10.2. The Morgan fingerprint density at radius 3 is 2.89 bits per heavy atom. The predicted molar refractivity (Wildman–Crippen MR) is 80.6 cm³/mol. The summed E-state index contributed by atoms with van der Waals surface area (Å²) in [5, 5.41) is 3.32. The van der Waals surface area contributed by atoms with Crippen molar-refractivity contribution in [3.63, 3.8) is 0 Å². The van der Waals surface area contributed by atoms with E-state index in [-0.39, 0.29) is 5.91 Å². The zero-order chi connectivity index (χ0) is 13.5. The van der Waals surface area contributed by atoms with Crippen LogP contribution < -0.4 is 5.32 Å². The normalized spacial score (nSPS) is 12.2. The van der Waals surface area contributed by atoms with E-state index in [4.69, 9.17) is 23.2 Å². The number of carbonyl (C=O) groups excluding carboxylic acids is 1. The van der Waals surface area contributed by atoms with Gasteiger partial charge in [-0.25, -0.2) is 0 Å². The van der Waals surface area contributed by atoms with Crippen LogP contribution in [0.5, 0.6) is 0 Å². The Kier molecular flexibility index (Phi) is 7.05. The predicted octanol–water partition coefficient (Wildman–Crippen LogP) is 4.49. The van der Waals surface area contributed by atoms with Crippen molar-refractivity contribution in [2.24, 2.45) is 5.92 Å². The number of nitrogens with one attached hydrogen (secondary N) is 1. The quantitative estimate of drug-likeness (QED) is 0.593. The lowest BCUT2D eigenvalue weighted by atomic mass is 10.1. The van der Waals surface area contributed by atoms with Crippen LogP contribution in [0.15, 0.2) is 22.7 Å². The van der Waals surface area contributed by atoms with E-state index in [1.54, 1.807) is 18.2 Å². The average Bonchev–Trinajstić information content (AvgIpc) is 2.36. The van der Waals surface area contributed by atoms with Crippen LogP contribution in [0.2, 0.25) is 5.02 Å². The number of benzene rings is 1. The standard InChI is InChI=1S/C13H16BrCl2NO/c1-9(8-15)3-2-6-17-13(18)11-7-10(14)4-5-12(11)16/h4-5,7,9H,2-3,6,8H2,1H3,(H,17,18). The largest absolute Gasteiger partial charge is 0.352 e. The number of alkyl halides is 1. The van der Waals surface area contributed by atoms with Gasteiger partial charge in [-0.2, -0.15) is 0 Å².